The molecule has 126 valence electrons. The molecule has 0 amide bonds. The number of carboxylic acids is 1. The highest BCUT2D eigenvalue weighted by atomic mass is 16.4. The molecule has 0 atom stereocenters. The van der Waals surface area contributed by atoms with Crippen molar-refractivity contribution in [3.63, 3.8) is 0 Å². The van der Waals surface area contributed by atoms with E-state index in [2.05, 4.69) is 34.3 Å². The molecule has 21 heavy (non-hydrogen) atoms. The van der Waals surface area contributed by atoms with E-state index < -0.39 is 5.97 Å². The summed E-state index contributed by atoms with van der Waals surface area (Å²) in [4.78, 5) is 9.49. The SMILES string of the molecule is C=C(C)C(=O)[O-].CCCC[N+](CC)(CCCC)CCCC. The first-order valence-corrected chi connectivity index (χ1v) is 8.61. The Bertz CT molecular complexity index is 241. The Hall–Kier alpha value is -0.830. The average Bonchev–Trinajstić information content (AvgIpc) is 2.47. The van der Waals surface area contributed by atoms with Crippen LogP contribution in [0.2, 0.25) is 0 Å². The lowest BCUT2D eigenvalue weighted by Gasteiger charge is -2.38. The van der Waals surface area contributed by atoms with Crippen molar-refractivity contribution >= 4 is 5.97 Å². The van der Waals surface area contributed by atoms with Gasteiger partial charge in [0.25, 0.3) is 0 Å². The maximum absolute atomic E-state index is 9.49. The molecule has 0 spiro atoms. The van der Waals surface area contributed by atoms with Crippen LogP contribution in [0.3, 0.4) is 0 Å². The fourth-order valence-electron chi connectivity index (χ4n) is 2.29. The molecule has 0 saturated carbocycles. The van der Waals surface area contributed by atoms with Gasteiger partial charge in [-0.15, -0.1) is 0 Å². The smallest absolute Gasteiger partial charge is 0.0786 e. The number of rotatable bonds is 11. The van der Waals surface area contributed by atoms with Gasteiger partial charge in [0.1, 0.15) is 0 Å². The highest BCUT2D eigenvalue weighted by Gasteiger charge is 2.22. The van der Waals surface area contributed by atoms with E-state index in [4.69, 9.17) is 0 Å². The minimum absolute atomic E-state index is 0.0648. The van der Waals surface area contributed by atoms with Gasteiger partial charge in [0.15, 0.2) is 0 Å². The maximum atomic E-state index is 9.49. The molecule has 0 fully saturated rings. The van der Waals surface area contributed by atoms with Gasteiger partial charge in [0.05, 0.1) is 32.1 Å². The molecule has 0 aromatic carbocycles. The lowest BCUT2D eigenvalue weighted by atomic mass is 10.1. The van der Waals surface area contributed by atoms with Gasteiger partial charge in [0, 0.05) is 0 Å². The summed E-state index contributed by atoms with van der Waals surface area (Å²) in [5, 5.41) is 9.49. The second kappa shape index (κ2) is 14.1. The summed E-state index contributed by atoms with van der Waals surface area (Å²) in [7, 11) is 0. The van der Waals surface area contributed by atoms with Gasteiger partial charge in [0.2, 0.25) is 0 Å². The first-order chi connectivity index (χ1) is 9.89. The first-order valence-electron chi connectivity index (χ1n) is 8.61. The van der Waals surface area contributed by atoms with Crippen molar-refractivity contribution in [1.82, 2.24) is 0 Å². The monoisotopic (exact) mass is 299 g/mol. The van der Waals surface area contributed by atoms with Crippen LogP contribution in [-0.4, -0.2) is 36.6 Å². The quantitative estimate of drug-likeness (QED) is 0.432. The lowest BCUT2D eigenvalue weighted by molar-refractivity contribution is -0.927. The molecule has 0 aromatic rings. The highest BCUT2D eigenvalue weighted by molar-refractivity contribution is 5.82. The summed E-state index contributed by atoms with van der Waals surface area (Å²) < 4.78 is 1.38. The fraction of sp³-hybridized carbons (Fsp3) is 0.833. The van der Waals surface area contributed by atoms with Gasteiger partial charge in [-0.2, -0.15) is 0 Å². The van der Waals surface area contributed by atoms with Crippen LogP contribution in [0.15, 0.2) is 12.2 Å². The molecule has 0 rings (SSSR count). The molecule has 3 heteroatoms. The predicted molar refractivity (Wildman–Crippen MR) is 89.9 cm³/mol. The number of hydrogen-bond donors (Lipinski definition) is 0. The summed E-state index contributed by atoms with van der Waals surface area (Å²) in [6.45, 7) is 19.3. The van der Waals surface area contributed by atoms with Crippen molar-refractivity contribution < 1.29 is 14.4 Å². The molecule has 0 bridgehead atoms. The van der Waals surface area contributed by atoms with Crippen LogP contribution in [0, 0.1) is 0 Å². The van der Waals surface area contributed by atoms with E-state index in [-0.39, 0.29) is 5.57 Å². The van der Waals surface area contributed by atoms with E-state index in [0.29, 0.717) is 0 Å². The van der Waals surface area contributed by atoms with Crippen molar-refractivity contribution in [2.75, 3.05) is 26.2 Å². The Balaban J connectivity index is 0. The Morgan fingerprint density at radius 3 is 1.33 bits per heavy atom. The van der Waals surface area contributed by atoms with Crippen LogP contribution >= 0.6 is 0 Å². The number of carbonyl (C=O) groups is 1. The minimum Gasteiger partial charge on any atom is -0.545 e. The largest absolute Gasteiger partial charge is 0.545 e. The third kappa shape index (κ3) is 12.6. The van der Waals surface area contributed by atoms with E-state index in [1.54, 1.807) is 0 Å². The fourth-order valence-corrected chi connectivity index (χ4v) is 2.29. The Morgan fingerprint density at radius 1 is 0.905 bits per heavy atom. The van der Waals surface area contributed by atoms with Crippen molar-refractivity contribution in [2.24, 2.45) is 0 Å². The number of carboxylic acid groups (broad SMARTS) is 1. The average molecular weight is 299 g/mol. The standard InChI is InChI=1S/C14H32N.C4H6O2/c1-5-9-12-15(8-4,13-10-6-2)14-11-7-3;1-3(2)4(5)6/h5-14H2,1-4H3;1H2,2H3,(H,5,6)/q+1;/p-1. The zero-order chi connectivity index (χ0) is 16.7. The Kier molecular flexibility index (Phi) is 15.1. The molecule has 0 aliphatic carbocycles. The van der Waals surface area contributed by atoms with Gasteiger partial charge in [-0.25, -0.2) is 0 Å². The molecular formula is C18H37NO2. The zero-order valence-electron chi connectivity index (χ0n) is 15.0. The summed E-state index contributed by atoms with van der Waals surface area (Å²) in [5.74, 6) is -1.19. The van der Waals surface area contributed by atoms with Crippen LogP contribution < -0.4 is 5.11 Å². The van der Waals surface area contributed by atoms with E-state index in [1.165, 1.54) is 76.1 Å². The topological polar surface area (TPSA) is 40.1 Å². The van der Waals surface area contributed by atoms with Gasteiger partial charge < -0.3 is 14.4 Å². The van der Waals surface area contributed by atoms with Crippen LogP contribution in [0.4, 0.5) is 0 Å². The summed E-state index contributed by atoms with van der Waals surface area (Å²) >= 11 is 0. The number of carbonyl (C=O) groups excluding carboxylic acids is 1. The van der Waals surface area contributed by atoms with Crippen molar-refractivity contribution in [1.29, 1.82) is 0 Å². The molecule has 3 nitrogen and oxygen atoms in total. The van der Waals surface area contributed by atoms with Crippen LogP contribution in [-0.2, 0) is 4.79 Å². The number of unbranched alkanes of at least 4 members (excludes halogenated alkanes) is 3. The Morgan fingerprint density at radius 2 is 1.19 bits per heavy atom. The van der Waals surface area contributed by atoms with Crippen LogP contribution in [0.5, 0.6) is 0 Å². The van der Waals surface area contributed by atoms with Crippen molar-refractivity contribution in [3.8, 4) is 0 Å². The van der Waals surface area contributed by atoms with Crippen LogP contribution in [0.1, 0.15) is 73.1 Å². The molecule has 0 saturated heterocycles. The normalized spacial score (nSPS) is 10.7. The van der Waals surface area contributed by atoms with Crippen molar-refractivity contribution in [2.45, 2.75) is 73.1 Å². The minimum atomic E-state index is -1.19. The summed E-state index contributed by atoms with van der Waals surface area (Å²) in [6.07, 6.45) is 8.25. The molecule has 0 radical (unpaired) electrons. The second-order valence-corrected chi connectivity index (χ2v) is 5.96. The predicted octanol–water partition coefficient (Wildman–Crippen LogP) is 3.54. The number of hydrogen-bond acceptors (Lipinski definition) is 2. The van der Waals surface area contributed by atoms with E-state index >= 15 is 0 Å². The molecule has 0 aromatic heterocycles. The summed E-state index contributed by atoms with van der Waals surface area (Å²) in [5.41, 5.74) is 0.0648. The first kappa shape index (κ1) is 22.5. The van der Waals surface area contributed by atoms with Gasteiger partial charge in [-0.1, -0.05) is 46.6 Å². The third-order valence-electron chi connectivity index (χ3n) is 3.98. The third-order valence-corrected chi connectivity index (χ3v) is 3.98. The van der Waals surface area contributed by atoms with E-state index in [9.17, 15) is 9.90 Å². The van der Waals surface area contributed by atoms with E-state index in [0.717, 1.165) is 0 Å². The second-order valence-electron chi connectivity index (χ2n) is 5.96. The molecule has 0 aliphatic rings. The number of nitrogens with zero attached hydrogens (tertiary/aromatic N) is 1. The summed E-state index contributed by atoms with van der Waals surface area (Å²) in [6, 6.07) is 0. The van der Waals surface area contributed by atoms with Gasteiger partial charge in [-0.3, -0.25) is 0 Å². The lowest BCUT2D eigenvalue weighted by Crippen LogP contribution is -2.49. The molecule has 0 N–H and O–H groups in total. The number of quaternary nitrogens is 1. The maximum Gasteiger partial charge on any atom is 0.0786 e. The molecule has 0 unspecified atom stereocenters. The Labute approximate surface area is 132 Å². The van der Waals surface area contributed by atoms with Crippen molar-refractivity contribution in [3.05, 3.63) is 12.2 Å². The molecular weight excluding hydrogens is 262 g/mol. The highest BCUT2D eigenvalue weighted by Crippen LogP contribution is 2.14. The molecule has 0 aliphatic heterocycles. The van der Waals surface area contributed by atoms with Gasteiger partial charge in [-0.05, 0) is 38.7 Å². The van der Waals surface area contributed by atoms with E-state index in [1.807, 2.05) is 0 Å². The van der Waals surface area contributed by atoms with Gasteiger partial charge >= 0.3 is 0 Å². The number of aliphatic carboxylic acids is 1. The van der Waals surface area contributed by atoms with Crippen LogP contribution in [0.25, 0.3) is 0 Å². The molecule has 0 heterocycles. The zero-order valence-corrected chi connectivity index (χ0v) is 15.0.